The van der Waals surface area contributed by atoms with Gasteiger partial charge in [0.2, 0.25) is 0 Å². The zero-order chi connectivity index (χ0) is 28.4. The Balaban J connectivity index is 1.45. The van der Waals surface area contributed by atoms with E-state index in [1.165, 1.54) is 6.07 Å². The molecule has 8 nitrogen and oxygen atoms in total. The summed E-state index contributed by atoms with van der Waals surface area (Å²) in [7, 11) is 0. The molecule has 0 unspecified atom stereocenters. The number of hydrogen-bond donors (Lipinski definition) is 1. The number of nitrogens with zero attached hydrogens (tertiary/aromatic N) is 5. The number of urea groups is 1. The number of rotatable bonds is 5. The van der Waals surface area contributed by atoms with Crippen LogP contribution < -0.4 is 10.2 Å². The molecule has 0 aliphatic carbocycles. The highest BCUT2D eigenvalue weighted by atomic mass is 35.5. The Morgan fingerprint density at radius 2 is 1.88 bits per heavy atom. The fourth-order valence-electron chi connectivity index (χ4n) is 4.59. The highest BCUT2D eigenvalue weighted by Crippen LogP contribution is 2.37. The summed E-state index contributed by atoms with van der Waals surface area (Å²) in [4.78, 5) is 26.0. The molecule has 1 N–H and O–H groups in total. The van der Waals surface area contributed by atoms with Crippen molar-refractivity contribution in [2.45, 2.75) is 32.4 Å². The third-order valence-electron chi connectivity index (χ3n) is 6.55. The van der Waals surface area contributed by atoms with E-state index in [1.807, 2.05) is 11.8 Å². The standard InChI is InChI=1S/C27H25Cl2F3N6O2/c1-2-5-21-34-24(22-23(36-40-25(22)35-21)16-6-3-7-17(14-16)27(30,31)32)37-10-4-11-38(13-12-37)26(39)33-18-8-9-19(28)20(29)15-18/h3,6-9,14-15H,2,4-5,10-13H2,1H3,(H,33,39). The van der Waals surface area contributed by atoms with Gasteiger partial charge in [-0.05, 0) is 43.2 Å². The third kappa shape index (κ3) is 5.95. The number of aryl methyl sites for hydroxylation is 1. The molecule has 2 aromatic carbocycles. The van der Waals surface area contributed by atoms with E-state index in [2.05, 4.69) is 15.5 Å². The van der Waals surface area contributed by atoms with Crippen LogP contribution in [0.4, 0.5) is 29.5 Å². The summed E-state index contributed by atoms with van der Waals surface area (Å²) in [6.07, 6.45) is -2.49. The molecular weight excluding hydrogens is 568 g/mol. The Morgan fingerprint density at radius 1 is 1.05 bits per heavy atom. The van der Waals surface area contributed by atoms with Crippen molar-refractivity contribution in [3.8, 4) is 11.3 Å². The zero-order valence-electron chi connectivity index (χ0n) is 21.4. The van der Waals surface area contributed by atoms with Crippen LogP contribution in [0.3, 0.4) is 0 Å². The molecule has 0 bridgehead atoms. The van der Waals surface area contributed by atoms with Crippen molar-refractivity contribution in [1.29, 1.82) is 0 Å². The van der Waals surface area contributed by atoms with E-state index in [1.54, 1.807) is 29.2 Å². The van der Waals surface area contributed by atoms with Gasteiger partial charge in [-0.2, -0.15) is 18.2 Å². The predicted molar refractivity (Wildman–Crippen MR) is 148 cm³/mol. The molecule has 1 fully saturated rings. The molecule has 3 heterocycles. The Morgan fingerprint density at radius 3 is 2.62 bits per heavy atom. The molecule has 5 rings (SSSR count). The summed E-state index contributed by atoms with van der Waals surface area (Å²) in [5, 5.41) is 8.11. The van der Waals surface area contributed by atoms with Crippen LogP contribution in [0.25, 0.3) is 22.4 Å². The number of aromatic nitrogens is 3. The van der Waals surface area contributed by atoms with Crippen LogP contribution in [0.5, 0.6) is 0 Å². The van der Waals surface area contributed by atoms with Gasteiger partial charge >= 0.3 is 12.2 Å². The summed E-state index contributed by atoms with van der Waals surface area (Å²) >= 11 is 12.0. The number of carbonyl (C=O) groups excluding carboxylic acids is 1. The van der Waals surface area contributed by atoms with Gasteiger partial charge in [-0.25, -0.2) is 9.78 Å². The summed E-state index contributed by atoms with van der Waals surface area (Å²) in [5.74, 6) is 1.07. The number of amides is 2. The molecular formula is C27H25Cl2F3N6O2. The molecule has 1 aliphatic rings. The van der Waals surface area contributed by atoms with Crippen molar-refractivity contribution in [2.24, 2.45) is 0 Å². The number of anilines is 2. The SMILES string of the molecule is CCCc1nc(N2CCCN(C(=O)Nc3ccc(Cl)c(Cl)c3)CC2)c2c(-c3cccc(C(F)(F)F)c3)noc2n1. The van der Waals surface area contributed by atoms with Crippen molar-refractivity contribution >= 4 is 51.8 Å². The minimum absolute atomic E-state index is 0.208. The first-order chi connectivity index (χ1) is 19.1. The highest BCUT2D eigenvalue weighted by Gasteiger charge is 2.32. The lowest BCUT2D eigenvalue weighted by molar-refractivity contribution is -0.137. The monoisotopic (exact) mass is 592 g/mol. The first-order valence-corrected chi connectivity index (χ1v) is 13.5. The maximum Gasteiger partial charge on any atom is 0.416 e. The zero-order valence-corrected chi connectivity index (χ0v) is 22.9. The fraction of sp³-hybridized carbons (Fsp3) is 0.333. The number of fused-ring (bicyclic) bond motifs is 1. The van der Waals surface area contributed by atoms with Gasteiger partial charge in [-0.3, -0.25) is 0 Å². The Bertz CT molecular complexity index is 1540. The molecule has 0 atom stereocenters. The normalized spacial score (nSPS) is 14.4. The van der Waals surface area contributed by atoms with Crippen molar-refractivity contribution < 1.29 is 22.5 Å². The molecule has 2 aromatic heterocycles. The molecule has 1 saturated heterocycles. The first kappa shape index (κ1) is 28.0. The topological polar surface area (TPSA) is 87.4 Å². The van der Waals surface area contributed by atoms with Gasteiger partial charge in [0, 0.05) is 43.9 Å². The van der Waals surface area contributed by atoms with Crippen molar-refractivity contribution in [1.82, 2.24) is 20.0 Å². The van der Waals surface area contributed by atoms with Gasteiger partial charge in [-0.1, -0.05) is 47.4 Å². The number of benzene rings is 2. The van der Waals surface area contributed by atoms with Gasteiger partial charge < -0.3 is 19.6 Å². The molecule has 2 amide bonds. The lowest BCUT2D eigenvalue weighted by Crippen LogP contribution is -2.38. The first-order valence-electron chi connectivity index (χ1n) is 12.7. The molecule has 4 aromatic rings. The van der Waals surface area contributed by atoms with Gasteiger partial charge in [0.15, 0.2) is 0 Å². The number of nitrogens with one attached hydrogen (secondary N) is 1. The maximum atomic E-state index is 13.4. The Labute approximate surface area is 238 Å². The lowest BCUT2D eigenvalue weighted by atomic mass is 10.1. The number of alkyl halides is 3. The van der Waals surface area contributed by atoms with Gasteiger partial charge in [0.05, 0.1) is 15.6 Å². The molecule has 0 saturated carbocycles. The molecule has 210 valence electrons. The summed E-state index contributed by atoms with van der Waals surface area (Å²) in [6, 6.07) is 9.51. The summed E-state index contributed by atoms with van der Waals surface area (Å²) < 4.78 is 45.8. The molecule has 1 aliphatic heterocycles. The van der Waals surface area contributed by atoms with Crippen LogP contribution in [0, 0.1) is 0 Å². The Hall–Kier alpha value is -3.57. The van der Waals surface area contributed by atoms with Crippen LogP contribution in [-0.2, 0) is 12.6 Å². The van der Waals surface area contributed by atoms with Crippen LogP contribution in [0.15, 0.2) is 47.0 Å². The van der Waals surface area contributed by atoms with Crippen molar-refractivity contribution in [3.05, 3.63) is 63.9 Å². The predicted octanol–water partition coefficient (Wildman–Crippen LogP) is 7.31. The third-order valence-corrected chi connectivity index (χ3v) is 7.29. The van der Waals surface area contributed by atoms with E-state index in [0.29, 0.717) is 71.8 Å². The minimum Gasteiger partial charge on any atom is -0.354 e. The smallest absolute Gasteiger partial charge is 0.354 e. The minimum atomic E-state index is -4.50. The van der Waals surface area contributed by atoms with E-state index < -0.39 is 11.7 Å². The van der Waals surface area contributed by atoms with E-state index >= 15 is 0 Å². The van der Waals surface area contributed by atoms with E-state index in [9.17, 15) is 18.0 Å². The Kier molecular flexibility index (Phi) is 8.04. The molecule has 40 heavy (non-hydrogen) atoms. The second-order valence-electron chi connectivity index (χ2n) is 9.39. The van der Waals surface area contributed by atoms with Gasteiger partial charge in [0.1, 0.15) is 22.7 Å². The van der Waals surface area contributed by atoms with E-state index in [0.717, 1.165) is 18.6 Å². The van der Waals surface area contributed by atoms with Crippen molar-refractivity contribution in [2.75, 3.05) is 36.4 Å². The second kappa shape index (κ2) is 11.5. The van der Waals surface area contributed by atoms with E-state index in [4.69, 9.17) is 32.7 Å². The van der Waals surface area contributed by atoms with Crippen LogP contribution in [0.2, 0.25) is 10.0 Å². The van der Waals surface area contributed by atoms with Crippen molar-refractivity contribution in [3.63, 3.8) is 0 Å². The maximum absolute atomic E-state index is 13.4. The number of halogens is 5. The van der Waals surface area contributed by atoms with E-state index in [-0.39, 0.29) is 23.0 Å². The van der Waals surface area contributed by atoms with Crippen LogP contribution in [-0.4, -0.2) is 52.2 Å². The summed E-state index contributed by atoms with van der Waals surface area (Å²) in [5.41, 5.74) is 0.429. The largest absolute Gasteiger partial charge is 0.416 e. The van der Waals surface area contributed by atoms with Crippen LogP contribution in [0.1, 0.15) is 31.2 Å². The summed E-state index contributed by atoms with van der Waals surface area (Å²) in [6.45, 7) is 3.86. The van der Waals surface area contributed by atoms with Crippen LogP contribution >= 0.6 is 23.2 Å². The number of hydrogen-bond acceptors (Lipinski definition) is 6. The number of carbonyl (C=O) groups is 1. The lowest BCUT2D eigenvalue weighted by Gasteiger charge is -2.24. The molecule has 0 radical (unpaired) electrons. The highest BCUT2D eigenvalue weighted by molar-refractivity contribution is 6.42. The quantitative estimate of drug-likeness (QED) is 0.261. The molecule has 13 heteroatoms. The second-order valence-corrected chi connectivity index (χ2v) is 10.2. The average Bonchev–Trinajstić information content (AvgIpc) is 3.19. The van der Waals surface area contributed by atoms with Gasteiger partial charge in [0.25, 0.3) is 5.71 Å². The fourth-order valence-corrected chi connectivity index (χ4v) is 4.89. The average molecular weight is 593 g/mol. The van der Waals surface area contributed by atoms with Gasteiger partial charge in [-0.15, -0.1) is 0 Å². The molecule has 0 spiro atoms.